The molecule has 1 heterocycles. The number of aryl methyl sites for hydroxylation is 2. The van der Waals surface area contributed by atoms with Crippen LogP contribution in [0.5, 0.6) is 0 Å². The van der Waals surface area contributed by atoms with E-state index in [-0.39, 0.29) is 18.1 Å². The summed E-state index contributed by atoms with van der Waals surface area (Å²) in [5, 5.41) is 3.40. The third-order valence-electron chi connectivity index (χ3n) is 2.85. The van der Waals surface area contributed by atoms with Crippen molar-refractivity contribution >= 4 is 5.69 Å². The molecule has 0 amide bonds. The molecule has 0 saturated heterocycles. The van der Waals surface area contributed by atoms with Crippen LogP contribution in [-0.4, -0.2) is 14.8 Å². The predicted octanol–water partition coefficient (Wildman–Crippen LogP) is 2.68. The van der Waals surface area contributed by atoms with E-state index >= 15 is 0 Å². The van der Waals surface area contributed by atoms with E-state index in [9.17, 15) is 17.6 Å². The summed E-state index contributed by atoms with van der Waals surface area (Å²) in [4.78, 5) is 3.36. The number of aromatic nitrogens is 3. The molecule has 8 heteroatoms. The molecule has 0 spiro atoms. The molecule has 0 radical (unpaired) electrons. The van der Waals surface area contributed by atoms with E-state index in [2.05, 4.69) is 10.1 Å². The standard InChI is InChI=1S/C12H12F4N4/c1-6-3-8(10(17)4-9(6)13)5-20-7(2)18-11(19-20)12(14,15)16/h3-4H,5,17H2,1-2H3. The van der Waals surface area contributed by atoms with E-state index in [4.69, 9.17) is 5.73 Å². The number of nitrogens with two attached hydrogens (primary N) is 1. The molecule has 20 heavy (non-hydrogen) atoms. The van der Waals surface area contributed by atoms with Gasteiger partial charge in [-0.25, -0.2) is 14.1 Å². The van der Waals surface area contributed by atoms with Crippen LogP contribution < -0.4 is 5.73 Å². The van der Waals surface area contributed by atoms with Gasteiger partial charge in [-0.2, -0.15) is 13.2 Å². The van der Waals surface area contributed by atoms with Crippen molar-refractivity contribution in [3.63, 3.8) is 0 Å². The molecular weight excluding hydrogens is 276 g/mol. The number of alkyl halides is 3. The van der Waals surface area contributed by atoms with Crippen LogP contribution in [0.15, 0.2) is 12.1 Å². The Hall–Kier alpha value is -2.12. The minimum Gasteiger partial charge on any atom is -0.398 e. The quantitative estimate of drug-likeness (QED) is 0.683. The third kappa shape index (κ3) is 2.73. The number of hydrogen-bond acceptors (Lipinski definition) is 3. The van der Waals surface area contributed by atoms with Gasteiger partial charge in [0.15, 0.2) is 0 Å². The first-order chi connectivity index (χ1) is 9.18. The van der Waals surface area contributed by atoms with Crippen LogP contribution >= 0.6 is 0 Å². The van der Waals surface area contributed by atoms with Crippen molar-refractivity contribution in [2.24, 2.45) is 0 Å². The Bertz CT molecular complexity index is 646. The van der Waals surface area contributed by atoms with Gasteiger partial charge in [-0.05, 0) is 37.1 Å². The highest BCUT2D eigenvalue weighted by molar-refractivity contribution is 5.49. The Morgan fingerprint density at radius 3 is 2.45 bits per heavy atom. The number of hydrogen-bond donors (Lipinski definition) is 1. The first-order valence-electron chi connectivity index (χ1n) is 5.71. The van der Waals surface area contributed by atoms with Crippen LogP contribution in [0.2, 0.25) is 0 Å². The zero-order valence-electron chi connectivity index (χ0n) is 10.8. The molecule has 0 atom stereocenters. The second-order valence-corrected chi connectivity index (χ2v) is 4.44. The first kappa shape index (κ1) is 14.3. The van der Waals surface area contributed by atoms with Gasteiger partial charge in [0, 0.05) is 5.69 Å². The Morgan fingerprint density at radius 1 is 1.25 bits per heavy atom. The van der Waals surface area contributed by atoms with Gasteiger partial charge in [-0.1, -0.05) is 0 Å². The van der Waals surface area contributed by atoms with Gasteiger partial charge in [0.1, 0.15) is 11.6 Å². The lowest BCUT2D eigenvalue weighted by Gasteiger charge is -2.09. The van der Waals surface area contributed by atoms with Gasteiger partial charge in [0.05, 0.1) is 6.54 Å². The Morgan fingerprint density at radius 2 is 1.90 bits per heavy atom. The summed E-state index contributed by atoms with van der Waals surface area (Å²) < 4.78 is 51.9. The van der Waals surface area contributed by atoms with E-state index < -0.39 is 17.8 Å². The van der Waals surface area contributed by atoms with Crippen LogP contribution in [0.4, 0.5) is 23.2 Å². The summed E-state index contributed by atoms with van der Waals surface area (Å²) in [5.41, 5.74) is 6.68. The zero-order chi connectivity index (χ0) is 15.1. The third-order valence-corrected chi connectivity index (χ3v) is 2.85. The van der Waals surface area contributed by atoms with Crippen LogP contribution in [0.25, 0.3) is 0 Å². The van der Waals surface area contributed by atoms with Crippen molar-refractivity contribution in [3.05, 3.63) is 40.7 Å². The predicted molar refractivity (Wildman–Crippen MR) is 64.4 cm³/mol. The number of halogens is 4. The summed E-state index contributed by atoms with van der Waals surface area (Å²) in [6, 6.07) is 2.63. The van der Waals surface area contributed by atoms with Crippen molar-refractivity contribution in [3.8, 4) is 0 Å². The number of benzene rings is 1. The van der Waals surface area contributed by atoms with Gasteiger partial charge >= 0.3 is 6.18 Å². The Balaban J connectivity index is 2.36. The summed E-state index contributed by atoms with van der Waals surface area (Å²) in [6.45, 7) is 2.96. The molecule has 0 saturated carbocycles. The van der Waals surface area contributed by atoms with Crippen molar-refractivity contribution < 1.29 is 17.6 Å². The molecule has 1 aromatic carbocycles. The van der Waals surface area contributed by atoms with Crippen molar-refractivity contribution in [2.75, 3.05) is 5.73 Å². The summed E-state index contributed by atoms with van der Waals surface area (Å²) in [7, 11) is 0. The van der Waals surface area contributed by atoms with Crippen LogP contribution in [0.1, 0.15) is 22.8 Å². The largest absolute Gasteiger partial charge is 0.453 e. The smallest absolute Gasteiger partial charge is 0.398 e. The Labute approximate surface area is 112 Å². The molecule has 2 aromatic rings. The molecule has 1 aromatic heterocycles. The molecule has 0 aliphatic rings. The normalized spacial score (nSPS) is 11.9. The molecule has 0 unspecified atom stereocenters. The SMILES string of the molecule is Cc1cc(Cn2nc(C(F)(F)F)nc2C)c(N)cc1F. The topological polar surface area (TPSA) is 56.7 Å². The monoisotopic (exact) mass is 288 g/mol. The van der Waals surface area contributed by atoms with Gasteiger partial charge in [-0.15, -0.1) is 5.10 Å². The maximum atomic E-state index is 13.3. The minimum absolute atomic E-state index is 0.00185. The van der Waals surface area contributed by atoms with E-state index in [1.165, 1.54) is 13.0 Å². The van der Waals surface area contributed by atoms with Gasteiger partial charge in [-0.3, -0.25) is 0 Å². The lowest BCUT2D eigenvalue weighted by molar-refractivity contribution is -0.145. The number of nitrogen functional groups attached to an aromatic ring is 1. The van der Waals surface area contributed by atoms with Crippen LogP contribution in [-0.2, 0) is 12.7 Å². The highest BCUT2D eigenvalue weighted by Gasteiger charge is 2.36. The molecule has 0 fully saturated rings. The van der Waals surface area contributed by atoms with Gasteiger partial charge in [0.25, 0.3) is 5.82 Å². The Kier molecular flexibility index (Phi) is 3.41. The molecule has 0 aliphatic heterocycles. The maximum absolute atomic E-state index is 13.3. The highest BCUT2D eigenvalue weighted by atomic mass is 19.4. The average Bonchev–Trinajstić information content (AvgIpc) is 2.68. The van der Waals surface area contributed by atoms with Crippen LogP contribution in [0.3, 0.4) is 0 Å². The van der Waals surface area contributed by atoms with E-state index in [1.807, 2.05) is 0 Å². The van der Waals surface area contributed by atoms with Crippen molar-refractivity contribution in [1.82, 2.24) is 14.8 Å². The number of rotatable bonds is 2. The maximum Gasteiger partial charge on any atom is 0.453 e. The first-order valence-corrected chi connectivity index (χ1v) is 5.71. The van der Waals surface area contributed by atoms with Crippen molar-refractivity contribution in [2.45, 2.75) is 26.6 Å². The summed E-state index contributed by atoms with van der Waals surface area (Å²) >= 11 is 0. The van der Waals surface area contributed by atoms with Crippen molar-refractivity contribution in [1.29, 1.82) is 0 Å². The molecule has 2 rings (SSSR count). The van der Waals surface area contributed by atoms with Crippen LogP contribution in [0, 0.1) is 19.7 Å². The second kappa shape index (κ2) is 4.77. The highest BCUT2D eigenvalue weighted by Crippen LogP contribution is 2.26. The fourth-order valence-corrected chi connectivity index (χ4v) is 1.74. The molecule has 108 valence electrons. The summed E-state index contributed by atoms with van der Waals surface area (Å²) in [6.07, 6.45) is -4.60. The second-order valence-electron chi connectivity index (χ2n) is 4.44. The lowest BCUT2D eigenvalue weighted by atomic mass is 10.1. The molecule has 0 bridgehead atoms. The van der Waals surface area contributed by atoms with E-state index in [0.717, 1.165) is 10.7 Å². The average molecular weight is 288 g/mol. The molecular formula is C12H12F4N4. The molecule has 2 N–H and O–H groups in total. The molecule has 0 aliphatic carbocycles. The fraction of sp³-hybridized carbons (Fsp3) is 0.333. The fourth-order valence-electron chi connectivity index (χ4n) is 1.74. The number of anilines is 1. The van der Waals surface area contributed by atoms with E-state index in [1.54, 1.807) is 6.92 Å². The van der Waals surface area contributed by atoms with Gasteiger partial charge in [0.2, 0.25) is 0 Å². The minimum atomic E-state index is -4.60. The summed E-state index contributed by atoms with van der Waals surface area (Å²) in [5.74, 6) is -1.55. The lowest BCUT2D eigenvalue weighted by Crippen LogP contribution is -2.10. The molecule has 4 nitrogen and oxygen atoms in total. The zero-order valence-corrected chi connectivity index (χ0v) is 10.8. The van der Waals surface area contributed by atoms with Gasteiger partial charge < -0.3 is 5.73 Å². The van der Waals surface area contributed by atoms with E-state index in [0.29, 0.717) is 11.1 Å². The number of nitrogens with zero attached hydrogens (tertiary/aromatic N) is 3.